The average molecular weight is 277 g/mol. The summed E-state index contributed by atoms with van der Waals surface area (Å²) in [4.78, 5) is 12.0. The Morgan fingerprint density at radius 1 is 1.45 bits per heavy atom. The number of aromatic nitrogens is 4. The van der Waals surface area contributed by atoms with Crippen LogP contribution in [0.25, 0.3) is 0 Å². The molecule has 2 heterocycles. The highest BCUT2D eigenvalue weighted by atomic mass is 16.5. The Morgan fingerprint density at radius 3 is 2.90 bits per heavy atom. The highest BCUT2D eigenvalue weighted by Crippen LogP contribution is 2.06. The number of nitrogens with zero attached hydrogens (tertiary/aromatic N) is 4. The Balaban J connectivity index is 1.88. The lowest BCUT2D eigenvalue weighted by Crippen LogP contribution is -2.31. The van der Waals surface area contributed by atoms with E-state index in [1.165, 1.54) is 0 Å². The van der Waals surface area contributed by atoms with Crippen LogP contribution in [0.1, 0.15) is 18.8 Å². The molecule has 0 radical (unpaired) electrons. The Bertz CT molecular complexity index is 535. The predicted octanol–water partition coefficient (Wildman–Crippen LogP) is 0.603. The first kappa shape index (κ1) is 14.3. The molecule has 0 spiro atoms. The number of hydrogen-bond acceptors (Lipinski definition) is 4. The topological polar surface area (TPSA) is 74.0 Å². The van der Waals surface area contributed by atoms with Gasteiger partial charge in [-0.2, -0.15) is 0 Å². The number of ether oxygens (including phenoxy) is 1. The largest absolute Gasteiger partial charge is 0.383 e. The van der Waals surface area contributed by atoms with Gasteiger partial charge < -0.3 is 19.2 Å². The molecule has 2 aromatic heterocycles. The summed E-state index contributed by atoms with van der Waals surface area (Å²) in [5, 5.41) is 10.7. The Hall–Kier alpha value is -2.15. The molecule has 7 heteroatoms. The van der Waals surface area contributed by atoms with Crippen LogP contribution in [-0.2, 0) is 22.6 Å². The van der Waals surface area contributed by atoms with Gasteiger partial charge in [0, 0.05) is 26.0 Å². The van der Waals surface area contributed by atoms with Crippen LogP contribution in [0.5, 0.6) is 0 Å². The fourth-order valence-electron chi connectivity index (χ4n) is 1.85. The van der Waals surface area contributed by atoms with E-state index in [4.69, 9.17) is 4.74 Å². The second-order valence-corrected chi connectivity index (χ2v) is 4.46. The lowest BCUT2D eigenvalue weighted by Gasteiger charge is -2.14. The van der Waals surface area contributed by atoms with E-state index in [9.17, 15) is 4.79 Å². The maximum absolute atomic E-state index is 12.0. The van der Waals surface area contributed by atoms with Gasteiger partial charge in [-0.1, -0.05) is 0 Å². The van der Waals surface area contributed by atoms with Crippen molar-refractivity contribution in [3.05, 3.63) is 36.7 Å². The highest BCUT2D eigenvalue weighted by molar-refractivity contribution is 5.79. The minimum atomic E-state index is -0.250. The van der Waals surface area contributed by atoms with Gasteiger partial charge in [0.2, 0.25) is 5.91 Å². The van der Waals surface area contributed by atoms with E-state index in [1.54, 1.807) is 13.4 Å². The van der Waals surface area contributed by atoms with Crippen molar-refractivity contribution in [1.29, 1.82) is 0 Å². The van der Waals surface area contributed by atoms with E-state index in [2.05, 4.69) is 15.5 Å². The van der Waals surface area contributed by atoms with Crippen molar-refractivity contribution < 1.29 is 9.53 Å². The molecular weight excluding hydrogens is 258 g/mol. The zero-order valence-corrected chi connectivity index (χ0v) is 11.7. The molecule has 108 valence electrons. The smallest absolute Gasteiger partial charge is 0.243 e. The van der Waals surface area contributed by atoms with Crippen molar-refractivity contribution in [2.45, 2.75) is 26.1 Å². The summed E-state index contributed by atoms with van der Waals surface area (Å²) in [5.74, 6) is 0.664. The summed E-state index contributed by atoms with van der Waals surface area (Å²) < 4.78 is 8.73. The summed E-state index contributed by atoms with van der Waals surface area (Å²) in [6.07, 6.45) is 5.37. The Morgan fingerprint density at radius 2 is 2.20 bits per heavy atom. The Kier molecular flexibility index (Phi) is 4.89. The monoisotopic (exact) mass is 277 g/mol. The molecule has 0 saturated heterocycles. The first-order valence-electron chi connectivity index (χ1n) is 6.48. The SMILES string of the molecule is COCCn1cnnc1CNC(=O)[C@H](C)n1cccc1. The normalized spacial score (nSPS) is 12.3. The van der Waals surface area contributed by atoms with Crippen molar-refractivity contribution in [3.63, 3.8) is 0 Å². The zero-order valence-electron chi connectivity index (χ0n) is 11.7. The molecule has 0 bridgehead atoms. The van der Waals surface area contributed by atoms with E-state index in [0.29, 0.717) is 19.7 Å². The van der Waals surface area contributed by atoms with Gasteiger partial charge in [-0.3, -0.25) is 4.79 Å². The Labute approximate surface area is 117 Å². The van der Waals surface area contributed by atoms with Gasteiger partial charge in [0.25, 0.3) is 0 Å². The summed E-state index contributed by atoms with van der Waals surface area (Å²) in [7, 11) is 1.64. The molecule has 0 saturated carbocycles. The zero-order chi connectivity index (χ0) is 14.4. The third-order valence-corrected chi connectivity index (χ3v) is 3.11. The maximum Gasteiger partial charge on any atom is 0.243 e. The molecule has 1 N–H and O–H groups in total. The number of nitrogens with one attached hydrogen (secondary N) is 1. The summed E-state index contributed by atoms with van der Waals surface area (Å²) in [6.45, 7) is 3.46. The molecule has 0 aliphatic carbocycles. The first-order valence-corrected chi connectivity index (χ1v) is 6.48. The molecule has 0 aromatic carbocycles. The number of amides is 1. The number of rotatable bonds is 7. The van der Waals surface area contributed by atoms with Gasteiger partial charge in [-0.25, -0.2) is 0 Å². The second kappa shape index (κ2) is 6.85. The molecule has 0 aliphatic rings. The molecule has 1 atom stereocenters. The van der Waals surface area contributed by atoms with Gasteiger partial charge in [-0.15, -0.1) is 10.2 Å². The van der Waals surface area contributed by atoms with E-state index in [1.807, 2.05) is 40.6 Å². The standard InChI is InChI=1S/C13H19N5O2/c1-11(17-5-3-4-6-17)13(19)14-9-12-16-15-10-18(12)7-8-20-2/h3-6,10-11H,7-9H2,1-2H3,(H,14,19)/t11-/m0/s1. The van der Waals surface area contributed by atoms with Crippen LogP contribution in [0, 0.1) is 0 Å². The minimum Gasteiger partial charge on any atom is -0.383 e. The van der Waals surface area contributed by atoms with Crippen LogP contribution in [-0.4, -0.2) is 39.0 Å². The highest BCUT2D eigenvalue weighted by Gasteiger charge is 2.14. The molecule has 20 heavy (non-hydrogen) atoms. The summed E-state index contributed by atoms with van der Waals surface area (Å²) in [6, 6.07) is 3.54. The lowest BCUT2D eigenvalue weighted by atomic mass is 10.3. The molecule has 7 nitrogen and oxygen atoms in total. The minimum absolute atomic E-state index is 0.0532. The van der Waals surface area contributed by atoms with Crippen LogP contribution < -0.4 is 5.32 Å². The summed E-state index contributed by atoms with van der Waals surface area (Å²) in [5.41, 5.74) is 0. The van der Waals surface area contributed by atoms with Crippen molar-refractivity contribution in [3.8, 4) is 0 Å². The number of carbonyl (C=O) groups is 1. The maximum atomic E-state index is 12.0. The average Bonchev–Trinajstić information content (AvgIpc) is 3.12. The van der Waals surface area contributed by atoms with Crippen molar-refractivity contribution in [2.24, 2.45) is 0 Å². The van der Waals surface area contributed by atoms with Gasteiger partial charge in [0.05, 0.1) is 13.2 Å². The van der Waals surface area contributed by atoms with Crippen molar-refractivity contribution in [2.75, 3.05) is 13.7 Å². The van der Waals surface area contributed by atoms with Gasteiger partial charge in [0.15, 0.2) is 5.82 Å². The first-order chi connectivity index (χ1) is 9.72. The van der Waals surface area contributed by atoms with E-state index >= 15 is 0 Å². The van der Waals surface area contributed by atoms with E-state index in [-0.39, 0.29) is 11.9 Å². The van der Waals surface area contributed by atoms with E-state index < -0.39 is 0 Å². The molecule has 1 amide bonds. The lowest BCUT2D eigenvalue weighted by molar-refractivity contribution is -0.124. The van der Waals surface area contributed by atoms with Crippen LogP contribution >= 0.6 is 0 Å². The van der Waals surface area contributed by atoms with Gasteiger partial charge in [0.1, 0.15) is 12.4 Å². The van der Waals surface area contributed by atoms with E-state index in [0.717, 1.165) is 5.82 Å². The second-order valence-electron chi connectivity index (χ2n) is 4.46. The van der Waals surface area contributed by atoms with Crippen LogP contribution in [0.15, 0.2) is 30.9 Å². The molecule has 2 aromatic rings. The number of methoxy groups -OCH3 is 1. The fourth-order valence-corrected chi connectivity index (χ4v) is 1.85. The molecule has 0 fully saturated rings. The van der Waals surface area contributed by atoms with Crippen molar-refractivity contribution in [1.82, 2.24) is 24.6 Å². The third-order valence-electron chi connectivity index (χ3n) is 3.11. The van der Waals surface area contributed by atoms with Crippen LogP contribution in [0.3, 0.4) is 0 Å². The van der Waals surface area contributed by atoms with Crippen LogP contribution in [0.4, 0.5) is 0 Å². The van der Waals surface area contributed by atoms with Gasteiger partial charge in [-0.05, 0) is 19.1 Å². The number of carbonyl (C=O) groups excluding carboxylic acids is 1. The quantitative estimate of drug-likeness (QED) is 0.804. The summed E-state index contributed by atoms with van der Waals surface area (Å²) >= 11 is 0. The number of hydrogen-bond donors (Lipinski definition) is 1. The van der Waals surface area contributed by atoms with Gasteiger partial charge >= 0.3 is 0 Å². The fraction of sp³-hybridized carbons (Fsp3) is 0.462. The molecular formula is C13H19N5O2. The molecule has 0 aliphatic heterocycles. The predicted molar refractivity (Wildman–Crippen MR) is 72.9 cm³/mol. The van der Waals surface area contributed by atoms with Crippen molar-refractivity contribution >= 4 is 5.91 Å². The van der Waals surface area contributed by atoms with Crippen LogP contribution in [0.2, 0.25) is 0 Å². The third kappa shape index (κ3) is 3.45. The molecule has 2 rings (SSSR count). The molecule has 0 unspecified atom stereocenters.